The van der Waals surface area contributed by atoms with Crippen LogP contribution < -0.4 is 0 Å². The zero-order valence-electron chi connectivity index (χ0n) is 9.55. The normalized spacial score (nSPS) is 11.8. The van der Waals surface area contributed by atoms with Gasteiger partial charge < -0.3 is 9.42 Å². The van der Waals surface area contributed by atoms with Gasteiger partial charge in [0.15, 0.2) is 0 Å². The van der Waals surface area contributed by atoms with Crippen molar-refractivity contribution in [1.82, 2.24) is 0 Å². The zero-order chi connectivity index (χ0) is 14.4. The number of alkyl halides is 2. The molecule has 17 heavy (non-hydrogen) atoms. The molecule has 1 atom stereocenters. The van der Waals surface area contributed by atoms with Gasteiger partial charge in [-0.3, -0.25) is 17.7 Å². The molecule has 0 aromatic heterocycles. The largest absolute Gasteiger partial charge is 0.397 e. The fourth-order valence-corrected chi connectivity index (χ4v) is 0. The first-order valence-electron chi connectivity index (χ1n) is 3.27. The molecule has 0 spiro atoms. The summed E-state index contributed by atoms with van der Waals surface area (Å²) in [5, 5.41) is 0. The van der Waals surface area contributed by atoms with Crippen molar-refractivity contribution in [3.8, 4) is 0 Å². The molecule has 0 aliphatic carbocycles. The monoisotopic (exact) mass is 322 g/mol. The molecule has 0 saturated heterocycles. The lowest BCUT2D eigenvalue weighted by Crippen LogP contribution is -1.96. The molecule has 0 heterocycles. The summed E-state index contributed by atoms with van der Waals surface area (Å²) in [5.74, 6) is 0. The molecular weight excluding hydrogens is 302 g/mol. The van der Waals surface area contributed by atoms with Gasteiger partial charge in [0.1, 0.15) is 0 Å². The van der Waals surface area contributed by atoms with E-state index in [1.807, 2.05) is 0 Å². The minimum Gasteiger partial charge on any atom is -0.324 e. The van der Waals surface area contributed by atoms with Gasteiger partial charge in [0.05, 0.1) is 14.3 Å². The molecule has 0 aromatic rings. The van der Waals surface area contributed by atoms with Gasteiger partial charge in [0.2, 0.25) is 0 Å². The standard InChI is InChI=1S/C2H7O3P.CH3Cl.CH3F.CH4O4S.CH4/c1-5-6(2,3)4;2*1-2;1-5-6(2,3)4;/h1-2H3,(H,3,4);2*1H3;1H3,(H,2,3,4);1H4. The molecule has 0 aromatic carbocycles. The van der Waals surface area contributed by atoms with Gasteiger partial charge in [-0.2, -0.15) is 8.42 Å². The van der Waals surface area contributed by atoms with E-state index >= 15 is 0 Å². The Morgan fingerprint density at radius 2 is 1.35 bits per heavy atom. The van der Waals surface area contributed by atoms with Crippen LogP contribution in [-0.2, 0) is 23.7 Å². The second-order valence-corrected chi connectivity index (χ2v) is 4.74. The molecule has 0 aliphatic rings. The summed E-state index contributed by atoms with van der Waals surface area (Å²) in [6, 6.07) is 0. The van der Waals surface area contributed by atoms with E-state index in [-0.39, 0.29) is 7.43 Å². The van der Waals surface area contributed by atoms with E-state index < -0.39 is 18.0 Å². The number of hydrogen-bond donors (Lipinski definition) is 2. The molecule has 0 radical (unpaired) electrons. The maximum atomic E-state index is 9.92. The van der Waals surface area contributed by atoms with Crippen molar-refractivity contribution in [2.45, 2.75) is 7.43 Å². The third-order valence-corrected chi connectivity index (χ3v) is 1.65. The minimum atomic E-state index is -4.16. The number of hydrogen-bond acceptors (Lipinski definition) is 5. The summed E-state index contributed by atoms with van der Waals surface area (Å²) < 4.78 is 53.2. The van der Waals surface area contributed by atoms with Gasteiger partial charge in [-0.05, 0) is 0 Å². The van der Waals surface area contributed by atoms with Crippen molar-refractivity contribution in [3.63, 3.8) is 0 Å². The molecule has 1 unspecified atom stereocenters. The molecule has 0 bridgehead atoms. The van der Waals surface area contributed by atoms with Crippen LogP contribution in [0.3, 0.4) is 0 Å². The predicted octanol–water partition coefficient (Wildman–Crippen LogP) is 1.96. The number of halogens is 2. The van der Waals surface area contributed by atoms with E-state index in [1.54, 1.807) is 0 Å². The van der Waals surface area contributed by atoms with Crippen molar-refractivity contribution in [2.75, 3.05) is 34.4 Å². The Kier molecular flexibility index (Phi) is 33.2. The van der Waals surface area contributed by atoms with Gasteiger partial charge >= 0.3 is 18.0 Å². The van der Waals surface area contributed by atoms with Gasteiger partial charge in [-0.15, -0.1) is 11.6 Å². The average molecular weight is 323 g/mol. The summed E-state index contributed by atoms with van der Waals surface area (Å²) >= 11 is 4.64. The fraction of sp³-hybridized carbons (Fsp3) is 1.00. The molecule has 0 fully saturated rings. The van der Waals surface area contributed by atoms with Crippen LogP contribution in [0.1, 0.15) is 7.43 Å². The van der Waals surface area contributed by atoms with Crippen LogP contribution in [0.4, 0.5) is 4.39 Å². The summed E-state index contributed by atoms with van der Waals surface area (Å²) in [6.45, 7) is 1.13. The van der Waals surface area contributed by atoms with Crippen LogP contribution in [-0.4, -0.2) is 52.3 Å². The maximum Gasteiger partial charge on any atom is 0.397 e. The van der Waals surface area contributed by atoms with Crippen molar-refractivity contribution in [1.29, 1.82) is 0 Å². The molecule has 0 saturated carbocycles. The highest BCUT2D eigenvalue weighted by Gasteiger charge is 2.02. The molecular formula is C6H21ClFO7PS. The van der Waals surface area contributed by atoms with E-state index in [4.69, 9.17) is 9.45 Å². The van der Waals surface area contributed by atoms with Crippen LogP contribution >= 0.6 is 19.2 Å². The first-order valence-corrected chi connectivity index (χ1v) is 7.41. The first-order chi connectivity index (χ1) is 7.12. The van der Waals surface area contributed by atoms with E-state index in [0.29, 0.717) is 7.18 Å². The Morgan fingerprint density at radius 3 is 1.35 bits per heavy atom. The van der Waals surface area contributed by atoms with Gasteiger partial charge in [0, 0.05) is 20.2 Å². The van der Waals surface area contributed by atoms with Crippen LogP contribution in [0, 0.1) is 0 Å². The molecule has 7 nitrogen and oxygen atoms in total. The van der Waals surface area contributed by atoms with E-state index in [2.05, 4.69) is 20.3 Å². The third-order valence-electron chi connectivity index (χ3n) is 0.549. The van der Waals surface area contributed by atoms with Crippen molar-refractivity contribution in [2.24, 2.45) is 0 Å². The van der Waals surface area contributed by atoms with Crippen LogP contribution in [0.25, 0.3) is 0 Å². The lowest BCUT2D eigenvalue weighted by atomic mass is 11.8. The topological polar surface area (TPSA) is 110 Å². The van der Waals surface area contributed by atoms with E-state index in [0.717, 1.165) is 13.8 Å². The summed E-state index contributed by atoms with van der Waals surface area (Å²) in [7, 11) is -4.74. The Morgan fingerprint density at radius 1 is 1.24 bits per heavy atom. The maximum absolute atomic E-state index is 9.92. The summed E-state index contributed by atoms with van der Waals surface area (Å²) in [6.07, 6.45) is 1.47. The molecule has 2 N–H and O–H groups in total. The predicted molar refractivity (Wildman–Crippen MR) is 66.9 cm³/mol. The molecule has 112 valence electrons. The SMILES string of the molecule is C.CCl.CF.COP(C)(=O)O.COS(=O)(=O)O. The Labute approximate surface area is 107 Å². The Hall–Kier alpha value is 0.240. The fourth-order valence-electron chi connectivity index (χ4n) is 0. The smallest absolute Gasteiger partial charge is 0.324 e. The highest BCUT2D eigenvalue weighted by molar-refractivity contribution is 7.80. The summed E-state index contributed by atoms with van der Waals surface area (Å²) in [4.78, 5) is 8.16. The first kappa shape index (κ1) is 30.3. The van der Waals surface area contributed by atoms with Crippen LogP contribution in [0.2, 0.25) is 0 Å². The lowest BCUT2D eigenvalue weighted by Gasteiger charge is -1.96. The van der Waals surface area contributed by atoms with Crippen LogP contribution in [0.15, 0.2) is 0 Å². The Bertz CT molecular complexity index is 253. The summed E-state index contributed by atoms with van der Waals surface area (Å²) in [5.41, 5.74) is 0. The van der Waals surface area contributed by atoms with Crippen molar-refractivity contribution in [3.05, 3.63) is 0 Å². The van der Waals surface area contributed by atoms with Crippen molar-refractivity contribution >= 4 is 29.6 Å². The highest BCUT2D eigenvalue weighted by atomic mass is 35.5. The molecule has 0 amide bonds. The molecule has 11 heteroatoms. The minimum absolute atomic E-state index is 0. The molecule has 0 rings (SSSR count). The van der Waals surface area contributed by atoms with E-state index in [1.165, 1.54) is 13.5 Å². The second kappa shape index (κ2) is 18.6. The third kappa shape index (κ3) is 84.6. The van der Waals surface area contributed by atoms with Gasteiger partial charge in [-0.1, -0.05) is 7.43 Å². The second-order valence-electron chi connectivity index (χ2n) is 1.58. The van der Waals surface area contributed by atoms with E-state index in [9.17, 15) is 17.4 Å². The lowest BCUT2D eigenvalue weighted by molar-refractivity contribution is 0.322. The number of rotatable bonds is 2. The average Bonchev–Trinajstić information content (AvgIpc) is 2.23. The highest BCUT2D eigenvalue weighted by Crippen LogP contribution is 2.34. The Balaban J connectivity index is -0.0000000417. The van der Waals surface area contributed by atoms with Crippen molar-refractivity contribution < 1.29 is 35.5 Å². The quantitative estimate of drug-likeness (QED) is 0.454. The zero-order valence-corrected chi connectivity index (χ0v) is 12.0. The molecule has 0 aliphatic heterocycles. The van der Waals surface area contributed by atoms with Crippen LogP contribution in [0.5, 0.6) is 0 Å². The van der Waals surface area contributed by atoms with Gasteiger partial charge in [0.25, 0.3) is 0 Å². The van der Waals surface area contributed by atoms with Gasteiger partial charge in [-0.25, -0.2) is 0 Å².